The van der Waals surface area contributed by atoms with Gasteiger partial charge in [0.05, 0.1) is 12.7 Å². The average molecular weight is 386 g/mol. The molecule has 2 N–H and O–H groups in total. The molecule has 3 heterocycles. The van der Waals surface area contributed by atoms with Crippen LogP contribution in [0.15, 0.2) is 29.3 Å². The Hall–Kier alpha value is -2.12. The number of anilines is 1. The first kappa shape index (κ1) is 19.2. The minimum atomic E-state index is 0.213. The number of fused-ring (bicyclic) bond motifs is 1. The van der Waals surface area contributed by atoms with Crippen molar-refractivity contribution in [2.75, 3.05) is 44.7 Å². The number of benzene rings is 1. The molecule has 0 aromatic heterocycles. The Bertz CT molecular complexity index is 705. The van der Waals surface area contributed by atoms with E-state index in [4.69, 9.17) is 4.74 Å². The first-order valence-corrected chi connectivity index (χ1v) is 10.4. The highest BCUT2D eigenvalue weighted by molar-refractivity contribution is 5.95. The minimum absolute atomic E-state index is 0.213. The lowest BCUT2D eigenvalue weighted by atomic mass is 10.2. The third kappa shape index (κ3) is 4.47. The number of nitrogens with zero attached hydrogens (tertiary/aromatic N) is 3. The van der Waals surface area contributed by atoms with Crippen molar-refractivity contribution in [2.45, 2.75) is 44.4 Å². The van der Waals surface area contributed by atoms with Crippen molar-refractivity contribution in [1.82, 2.24) is 15.5 Å². The van der Waals surface area contributed by atoms with Crippen LogP contribution in [0.1, 0.15) is 31.2 Å². The number of rotatable bonds is 5. The molecule has 4 rings (SSSR count). The number of aliphatic imine (C=N–C) groups is 1. The fourth-order valence-electron chi connectivity index (χ4n) is 4.34. The van der Waals surface area contributed by atoms with Gasteiger partial charge < -0.3 is 20.3 Å². The van der Waals surface area contributed by atoms with E-state index in [0.717, 1.165) is 49.9 Å². The Morgan fingerprint density at radius 1 is 1.21 bits per heavy atom. The Morgan fingerprint density at radius 2 is 2.07 bits per heavy atom. The monoisotopic (exact) mass is 385 g/mol. The third-order valence-corrected chi connectivity index (χ3v) is 5.96. The lowest BCUT2D eigenvalue weighted by Gasteiger charge is -2.35. The molecular weight excluding hydrogens is 354 g/mol. The number of hydrogen-bond acceptors (Lipinski definition) is 4. The first-order chi connectivity index (χ1) is 13.7. The standard InChI is InChI=1S/C21H31N5O2/c1-22-21(24-13-19-14-25-10-2-4-18(25)15-28-19)23-12-16-6-8-17(9-7-16)26-11-3-5-20(26)27/h6-9,18-19H,2-5,10-15H2,1H3,(H2,22,23,24). The molecule has 3 fully saturated rings. The summed E-state index contributed by atoms with van der Waals surface area (Å²) in [6.07, 6.45) is 4.39. The Labute approximate surface area is 167 Å². The van der Waals surface area contributed by atoms with E-state index in [-0.39, 0.29) is 12.0 Å². The van der Waals surface area contributed by atoms with Crippen LogP contribution in [0.2, 0.25) is 0 Å². The highest BCUT2D eigenvalue weighted by Gasteiger charge is 2.32. The maximum atomic E-state index is 11.9. The molecule has 3 aliphatic heterocycles. The van der Waals surface area contributed by atoms with Gasteiger partial charge in [-0.3, -0.25) is 14.7 Å². The van der Waals surface area contributed by atoms with E-state index < -0.39 is 0 Å². The number of nitrogens with one attached hydrogen (secondary N) is 2. The van der Waals surface area contributed by atoms with Crippen molar-refractivity contribution in [1.29, 1.82) is 0 Å². The average Bonchev–Trinajstić information content (AvgIpc) is 3.37. The molecule has 0 aliphatic carbocycles. The second-order valence-corrected chi connectivity index (χ2v) is 7.87. The van der Waals surface area contributed by atoms with Crippen LogP contribution in [0.25, 0.3) is 0 Å². The lowest BCUT2D eigenvalue weighted by molar-refractivity contribution is -0.117. The Balaban J connectivity index is 1.22. The van der Waals surface area contributed by atoms with Crippen LogP contribution in [0.4, 0.5) is 5.69 Å². The lowest BCUT2D eigenvalue weighted by Crippen LogP contribution is -2.51. The van der Waals surface area contributed by atoms with Gasteiger partial charge in [-0.1, -0.05) is 12.1 Å². The smallest absolute Gasteiger partial charge is 0.227 e. The van der Waals surface area contributed by atoms with Gasteiger partial charge >= 0.3 is 0 Å². The molecule has 7 nitrogen and oxygen atoms in total. The van der Waals surface area contributed by atoms with Gasteiger partial charge in [0.2, 0.25) is 5.91 Å². The van der Waals surface area contributed by atoms with E-state index in [0.29, 0.717) is 19.0 Å². The summed E-state index contributed by atoms with van der Waals surface area (Å²) in [5, 5.41) is 6.74. The number of morpholine rings is 1. The van der Waals surface area contributed by atoms with Crippen molar-refractivity contribution < 1.29 is 9.53 Å². The van der Waals surface area contributed by atoms with Crippen molar-refractivity contribution in [2.24, 2.45) is 4.99 Å². The van der Waals surface area contributed by atoms with Crippen LogP contribution in [-0.4, -0.2) is 68.7 Å². The van der Waals surface area contributed by atoms with E-state index in [1.54, 1.807) is 7.05 Å². The van der Waals surface area contributed by atoms with E-state index in [9.17, 15) is 4.79 Å². The summed E-state index contributed by atoms with van der Waals surface area (Å²) in [5.41, 5.74) is 2.15. The van der Waals surface area contributed by atoms with Gasteiger partial charge in [-0.2, -0.15) is 0 Å². The maximum absolute atomic E-state index is 11.9. The molecule has 0 saturated carbocycles. The fourth-order valence-corrected chi connectivity index (χ4v) is 4.34. The molecule has 28 heavy (non-hydrogen) atoms. The number of amides is 1. The summed E-state index contributed by atoms with van der Waals surface area (Å²) in [6.45, 7) is 5.34. The molecule has 1 amide bonds. The van der Waals surface area contributed by atoms with Gasteiger partial charge in [-0.25, -0.2) is 0 Å². The van der Waals surface area contributed by atoms with Crippen LogP contribution in [0.5, 0.6) is 0 Å². The van der Waals surface area contributed by atoms with E-state index in [2.05, 4.69) is 32.7 Å². The molecule has 2 unspecified atom stereocenters. The van der Waals surface area contributed by atoms with Crippen LogP contribution in [0.3, 0.4) is 0 Å². The van der Waals surface area contributed by atoms with Crippen LogP contribution in [-0.2, 0) is 16.1 Å². The number of hydrogen-bond donors (Lipinski definition) is 2. The predicted molar refractivity (Wildman–Crippen MR) is 111 cm³/mol. The van der Waals surface area contributed by atoms with Crippen LogP contribution >= 0.6 is 0 Å². The normalized spacial score (nSPS) is 25.8. The fraction of sp³-hybridized carbons (Fsp3) is 0.619. The summed E-state index contributed by atoms with van der Waals surface area (Å²) in [4.78, 5) is 20.6. The molecule has 3 saturated heterocycles. The molecular formula is C21H31N5O2. The van der Waals surface area contributed by atoms with Crippen molar-refractivity contribution in [3.63, 3.8) is 0 Å². The zero-order valence-electron chi connectivity index (χ0n) is 16.7. The highest BCUT2D eigenvalue weighted by atomic mass is 16.5. The summed E-state index contributed by atoms with van der Waals surface area (Å²) >= 11 is 0. The zero-order chi connectivity index (χ0) is 19.3. The third-order valence-electron chi connectivity index (χ3n) is 5.96. The van der Waals surface area contributed by atoms with E-state index >= 15 is 0 Å². The van der Waals surface area contributed by atoms with Gasteiger partial charge in [-0.15, -0.1) is 0 Å². The van der Waals surface area contributed by atoms with Crippen molar-refractivity contribution >= 4 is 17.6 Å². The zero-order valence-corrected chi connectivity index (χ0v) is 16.7. The van der Waals surface area contributed by atoms with Gasteiger partial charge in [0.15, 0.2) is 5.96 Å². The van der Waals surface area contributed by atoms with Crippen molar-refractivity contribution in [3.05, 3.63) is 29.8 Å². The van der Waals surface area contributed by atoms with Crippen molar-refractivity contribution in [3.8, 4) is 0 Å². The highest BCUT2D eigenvalue weighted by Crippen LogP contribution is 2.23. The predicted octanol–water partition coefficient (Wildman–Crippen LogP) is 1.34. The molecule has 2 atom stereocenters. The molecule has 1 aromatic rings. The molecule has 3 aliphatic rings. The molecule has 1 aromatic carbocycles. The Morgan fingerprint density at radius 3 is 2.82 bits per heavy atom. The summed E-state index contributed by atoms with van der Waals surface area (Å²) in [6, 6.07) is 8.82. The van der Waals surface area contributed by atoms with E-state index in [1.807, 2.05) is 17.0 Å². The minimum Gasteiger partial charge on any atom is -0.373 e. The number of carbonyl (C=O) groups excluding carboxylic acids is 1. The molecule has 152 valence electrons. The van der Waals surface area contributed by atoms with Gasteiger partial charge in [0.25, 0.3) is 0 Å². The number of ether oxygens (including phenoxy) is 1. The van der Waals surface area contributed by atoms with Crippen LogP contribution < -0.4 is 15.5 Å². The Kier molecular flexibility index (Phi) is 6.12. The second-order valence-electron chi connectivity index (χ2n) is 7.87. The first-order valence-electron chi connectivity index (χ1n) is 10.4. The SMILES string of the molecule is CN=C(NCc1ccc(N2CCCC2=O)cc1)NCC1CN2CCCC2CO1. The van der Waals surface area contributed by atoms with E-state index in [1.165, 1.54) is 19.4 Å². The molecule has 0 radical (unpaired) electrons. The topological polar surface area (TPSA) is 69.2 Å². The van der Waals surface area contributed by atoms with Crippen LogP contribution in [0, 0.1) is 0 Å². The number of carbonyl (C=O) groups is 1. The van der Waals surface area contributed by atoms with Gasteiger partial charge in [0.1, 0.15) is 0 Å². The summed E-state index contributed by atoms with van der Waals surface area (Å²) < 4.78 is 6.00. The maximum Gasteiger partial charge on any atom is 0.227 e. The second kappa shape index (κ2) is 8.92. The number of guanidine groups is 1. The van der Waals surface area contributed by atoms with Gasteiger partial charge in [-0.05, 0) is 43.5 Å². The molecule has 7 heteroatoms. The quantitative estimate of drug-likeness (QED) is 0.591. The summed E-state index contributed by atoms with van der Waals surface area (Å²) in [7, 11) is 1.79. The molecule has 0 spiro atoms. The largest absolute Gasteiger partial charge is 0.373 e. The molecule has 0 bridgehead atoms. The van der Waals surface area contributed by atoms with Gasteiger partial charge in [0, 0.05) is 51.4 Å². The summed E-state index contributed by atoms with van der Waals surface area (Å²) in [5.74, 6) is 1.01.